The van der Waals surface area contributed by atoms with Crippen molar-refractivity contribution in [3.8, 4) is 0 Å². The predicted octanol–water partition coefficient (Wildman–Crippen LogP) is 2.04. The largest absolute Gasteiger partial charge is 0.330 e. The first-order valence-corrected chi connectivity index (χ1v) is 8.90. The zero-order chi connectivity index (χ0) is 19.6. The molecule has 0 fully saturated rings. The number of amides is 3. The van der Waals surface area contributed by atoms with E-state index in [0.29, 0.717) is 25.3 Å². The van der Waals surface area contributed by atoms with Gasteiger partial charge in [-0.15, -0.1) is 0 Å². The summed E-state index contributed by atoms with van der Waals surface area (Å²) >= 11 is 0. The molecule has 27 heavy (non-hydrogen) atoms. The van der Waals surface area contributed by atoms with Crippen LogP contribution in [-0.4, -0.2) is 53.1 Å². The fourth-order valence-electron chi connectivity index (χ4n) is 3.53. The number of aromatic amines is 1. The molecule has 0 saturated heterocycles. The third kappa shape index (κ3) is 3.66. The highest BCUT2D eigenvalue weighted by Gasteiger charge is 2.44. The van der Waals surface area contributed by atoms with Crippen LogP contribution in [0.5, 0.6) is 0 Å². The summed E-state index contributed by atoms with van der Waals surface area (Å²) in [5.41, 5.74) is 2.17. The number of benzene rings is 1. The van der Waals surface area contributed by atoms with Crippen LogP contribution < -0.4 is 10.6 Å². The highest BCUT2D eigenvalue weighted by molar-refractivity contribution is 5.79. The average Bonchev–Trinajstić information content (AvgIpc) is 3.14. The fraction of sp³-hybridized carbons (Fsp3) is 0.421. The summed E-state index contributed by atoms with van der Waals surface area (Å²) in [4.78, 5) is 27.7. The Balaban J connectivity index is 1.81. The molecule has 0 bridgehead atoms. The maximum atomic E-state index is 13.1. The number of hydrogen-bond donors (Lipinski definition) is 3. The van der Waals surface area contributed by atoms with Crippen LogP contribution in [0.2, 0.25) is 0 Å². The van der Waals surface area contributed by atoms with E-state index in [1.54, 1.807) is 4.90 Å². The Labute approximate surface area is 158 Å². The Morgan fingerprint density at radius 1 is 1.37 bits per heavy atom. The third-order valence-electron chi connectivity index (χ3n) is 4.96. The summed E-state index contributed by atoms with van der Waals surface area (Å²) in [5, 5.41) is 12.8. The highest BCUT2D eigenvalue weighted by Crippen LogP contribution is 2.40. The quantitative estimate of drug-likeness (QED) is 0.679. The zero-order valence-electron chi connectivity index (χ0n) is 16.1. The molecule has 2 heterocycles. The van der Waals surface area contributed by atoms with Gasteiger partial charge >= 0.3 is 6.03 Å². The molecule has 0 saturated carbocycles. The van der Waals surface area contributed by atoms with Crippen LogP contribution in [0.25, 0.3) is 0 Å². The number of carbonyl (C=O) groups excluding carboxylic acids is 2. The number of rotatable bonds is 6. The highest BCUT2D eigenvalue weighted by atomic mass is 16.2. The van der Waals surface area contributed by atoms with Crippen LogP contribution >= 0.6 is 0 Å². The van der Waals surface area contributed by atoms with Gasteiger partial charge < -0.3 is 20.4 Å². The number of H-pyrrole nitrogens is 1. The molecule has 8 nitrogen and oxygen atoms in total. The van der Waals surface area contributed by atoms with Gasteiger partial charge in [-0.25, -0.2) is 4.79 Å². The van der Waals surface area contributed by atoms with E-state index in [1.165, 1.54) is 0 Å². The standard InChI is InChI=1S/C19H26N6O2/c1-19(2)16-14(17(20-12-26)23-22-16)10-25(19)18(27)21-15(11-24(3)4)13-8-6-5-7-9-13/h5-9,12,15H,10-11H2,1-4H3,(H,21,27)(H2,20,22,23,26)/t15-/m1/s1. The number of aromatic nitrogens is 2. The van der Waals surface area contributed by atoms with Crippen LogP contribution in [0.15, 0.2) is 30.3 Å². The molecule has 0 unspecified atom stereocenters. The van der Waals surface area contributed by atoms with E-state index < -0.39 is 5.54 Å². The number of fused-ring (bicyclic) bond motifs is 1. The van der Waals surface area contributed by atoms with Gasteiger partial charge in [0, 0.05) is 12.1 Å². The average molecular weight is 370 g/mol. The molecule has 0 aliphatic carbocycles. The molecule has 2 aromatic rings. The molecule has 1 aromatic heterocycles. The monoisotopic (exact) mass is 370 g/mol. The lowest BCUT2D eigenvalue weighted by atomic mass is 10.0. The minimum Gasteiger partial charge on any atom is -0.330 e. The van der Waals surface area contributed by atoms with E-state index in [9.17, 15) is 9.59 Å². The molecule has 144 valence electrons. The minimum absolute atomic E-state index is 0.130. The SMILES string of the molecule is CN(C)C[C@@H](NC(=O)N1Cc2c(NC=O)n[nH]c2C1(C)C)c1ccccc1. The number of urea groups is 1. The number of nitrogens with zero attached hydrogens (tertiary/aromatic N) is 3. The molecule has 3 rings (SSSR count). The molecule has 3 amide bonds. The van der Waals surface area contributed by atoms with Crippen molar-refractivity contribution in [3.05, 3.63) is 47.2 Å². The molecule has 0 radical (unpaired) electrons. The number of carbonyl (C=O) groups is 2. The second-order valence-electron chi connectivity index (χ2n) is 7.51. The van der Waals surface area contributed by atoms with Crippen LogP contribution in [-0.2, 0) is 16.9 Å². The van der Waals surface area contributed by atoms with Gasteiger partial charge in [0.15, 0.2) is 5.82 Å². The summed E-state index contributed by atoms with van der Waals surface area (Å²) in [7, 11) is 3.96. The molecule has 1 aromatic carbocycles. The van der Waals surface area contributed by atoms with Gasteiger partial charge in [-0.2, -0.15) is 5.10 Å². The van der Waals surface area contributed by atoms with Crippen molar-refractivity contribution in [2.45, 2.75) is 32.0 Å². The van der Waals surface area contributed by atoms with E-state index in [2.05, 4.69) is 20.8 Å². The van der Waals surface area contributed by atoms with Gasteiger partial charge in [0.05, 0.1) is 23.8 Å². The van der Waals surface area contributed by atoms with Crippen LogP contribution in [0.3, 0.4) is 0 Å². The number of hydrogen-bond acceptors (Lipinski definition) is 4. The van der Waals surface area contributed by atoms with Crippen molar-refractivity contribution in [2.75, 3.05) is 26.0 Å². The van der Waals surface area contributed by atoms with Crippen molar-refractivity contribution in [2.24, 2.45) is 0 Å². The summed E-state index contributed by atoms with van der Waals surface area (Å²) in [6.07, 6.45) is 0.592. The first-order chi connectivity index (χ1) is 12.8. The molecular weight excluding hydrogens is 344 g/mol. The topological polar surface area (TPSA) is 93.4 Å². The second-order valence-corrected chi connectivity index (χ2v) is 7.51. The van der Waals surface area contributed by atoms with E-state index in [4.69, 9.17) is 0 Å². The predicted molar refractivity (Wildman–Crippen MR) is 103 cm³/mol. The van der Waals surface area contributed by atoms with Gasteiger partial charge in [-0.1, -0.05) is 30.3 Å². The number of nitrogens with one attached hydrogen (secondary N) is 3. The lowest BCUT2D eigenvalue weighted by Gasteiger charge is -2.34. The maximum Gasteiger partial charge on any atom is 0.319 e. The van der Waals surface area contributed by atoms with Crippen LogP contribution in [0.1, 0.15) is 36.7 Å². The Hall–Kier alpha value is -2.87. The van der Waals surface area contributed by atoms with Gasteiger partial charge in [-0.05, 0) is 33.5 Å². The smallest absolute Gasteiger partial charge is 0.319 e. The van der Waals surface area contributed by atoms with E-state index in [0.717, 1.165) is 16.8 Å². The molecule has 8 heteroatoms. The minimum atomic E-state index is -0.561. The molecule has 3 N–H and O–H groups in total. The van der Waals surface area contributed by atoms with Gasteiger partial charge in [-0.3, -0.25) is 9.89 Å². The van der Waals surface area contributed by atoms with Crippen LogP contribution in [0.4, 0.5) is 10.6 Å². The summed E-state index contributed by atoms with van der Waals surface area (Å²) < 4.78 is 0. The lowest BCUT2D eigenvalue weighted by molar-refractivity contribution is -0.105. The number of anilines is 1. The van der Waals surface area contributed by atoms with Crippen molar-refractivity contribution in [3.63, 3.8) is 0 Å². The normalized spacial score (nSPS) is 16.1. The van der Waals surface area contributed by atoms with E-state index in [-0.39, 0.29) is 12.1 Å². The van der Waals surface area contributed by atoms with Gasteiger partial charge in [0.25, 0.3) is 0 Å². The Morgan fingerprint density at radius 3 is 2.70 bits per heavy atom. The lowest BCUT2D eigenvalue weighted by Crippen LogP contribution is -2.48. The Morgan fingerprint density at radius 2 is 2.07 bits per heavy atom. The van der Waals surface area contributed by atoms with Crippen molar-refractivity contribution >= 4 is 18.3 Å². The maximum absolute atomic E-state index is 13.1. The molecular formula is C19H26N6O2. The zero-order valence-corrected chi connectivity index (χ0v) is 16.1. The molecule has 1 atom stereocenters. The van der Waals surface area contributed by atoms with E-state index >= 15 is 0 Å². The fourth-order valence-corrected chi connectivity index (χ4v) is 3.53. The van der Waals surface area contributed by atoms with Crippen molar-refractivity contribution in [1.29, 1.82) is 0 Å². The second kappa shape index (κ2) is 7.40. The first kappa shape index (κ1) is 18.9. The molecule has 1 aliphatic heterocycles. The summed E-state index contributed by atoms with van der Waals surface area (Å²) in [6.45, 7) is 4.99. The van der Waals surface area contributed by atoms with E-state index in [1.807, 2.05) is 63.2 Å². The number of likely N-dealkylation sites (N-methyl/N-ethyl adjacent to an activating group) is 1. The summed E-state index contributed by atoms with van der Waals surface area (Å²) in [5.74, 6) is 0.469. The van der Waals surface area contributed by atoms with Gasteiger partial charge in [0.2, 0.25) is 6.41 Å². The first-order valence-electron chi connectivity index (χ1n) is 8.90. The Bertz CT molecular complexity index is 815. The van der Waals surface area contributed by atoms with Crippen LogP contribution in [0, 0.1) is 0 Å². The van der Waals surface area contributed by atoms with Crippen molar-refractivity contribution in [1.82, 2.24) is 25.3 Å². The van der Waals surface area contributed by atoms with Crippen molar-refractivity contribution < 1.29 is 9.59 Å². The third-order valence-corrected chi connectivity index (χ3v) is 4.96. The molecule has 1 aliphatic rings. The molecule has 0 spiro atoms. The summed E-state index contributed by atoms with van der Waals surface area (Å²) in [6, 6.07) is 9.65. The Kier molecular flexibility index (Phi) is 5.18. The van der Waals surface area contributed by atoms with Gasteiger partial charge in [0.1, 0.15) is 0 Å².